The molecule has 0 aliphatic carbocycles. The average Bonchev–Trinajstić information content (AvgIpc) is 2.62. The van der Waals surface area contributed by atoms with Gasteiger partial charge in [0.25, 0.3) is 0 Å². The van der Waals surface area contributed by atoms with Gasteiger partial charge in [0.1, 0.15) is 0 Å². The van der Waals surface area contributed by atoms with E-state index >= 15 is 0 Å². The summed E-state index contributed by atoms with van der Waals surface area (Å²) in [6.07, 6.45) is 0. The standard InChI is InChI=1S/C10H19N3O2S2/c1-8(7-13(2)3)12-17(14,15)10-4-5-16-9(10)6-11/h4-5,8,12H,6-7,11H2,1-3H3. The SMILES string of the molecule is CC(CN(C)C)NS(=O)(=O)c1ccsc1CN. The van der Waals surface area contributed by atoms with Crippen LogP contribution in [-0.4, -0.2) is 40.0 Å². The molecule has 0 aromatic carbocycles. The summed E-state index contributed by atoms with van der Waals surface area (Å²) in [5.41, 5.74) is 5.51. The molecule has 0 saturated heterocycles. The maximum atomic E-state index is 12.1. The van der Waals surface area contributed by atoms with Crippen LogP contribution >= 0.6 is 11.3 Å². The molecule has 7 heteroatoms. The first-order valence-electron chi connectivity index (χ1n) is 5.30. The minimum absolute atomic E-state index is 0.138. The topological polar surface area (TPSA) is 75.4 Å². The molecule has 1 heterocycles. The fourth-order valence-corrected chi connectivity index (χ4v) is 4.20. The van der Waals surface area contributed by atoms with Crippen LogP contribution in [-0.2, 0) is 16.6 Å². The minimum atomic E-state index is -3.45. The third-order valence-electron chi connectivity index (χ3n) is 2.17. The number of nitrogens with one attached hydrogen (secondary N) is 1. The zero-order valence-electron chi connectivity index (χ0n) is 10.3. The highest BCUT2D eigenvalue weighted by Crippen LogP contribution is 2.21. The third-order valence-corrected chi connectivity index (χ3v) is 4.92. The van der Waals surface area contributed by atoms with Crippen molar-refractivity contribution < 1.29 is 8.42 Å². The van der Waals surface area contributed by atoms with Gasteiger partial charge >= 0.3 is 0 Å². The quantitative estimate of drug-likeness (QED) is 0.791. The van der Waals surface area contributed by atoms with E-state index in [0.29, 0.717) is 16.3 Å². The summed E-state index contributed by atoms with van der Waals surface area (Å²) in [7, 11) is 0.356. The second-order valence-electron chi connectivity index (χ2n) is 4.20. The van der Waals surface area contributed by atoms with Gasteiger partial charge in [0.05, 0.1) is 4.90 Å². The van der Waals surface area contributed by atoms with Gasteiger partial charge in [-0.25, -0.2) is 13.1 Å². The van der Waals surface area contributed by atoms with Crippen molar-refractivity contribution in [3.8, 4) is 0 Å². The van der Waals surface area contributed by atoms with E-state index in [1.807, 2.05) is 25.9 Å². The molecule has 0 fully saturated rings. The number of hydrogen-bond donors (Lipinski definition) is 2. The van der Waals surface area contributed by atoms with Crippen molar-refractivity contribution >= 4 is 21.4 Å². The molecule has 0 aliphatic heterocycles. The maximum absolute atomic E-state index is 12.1. The van der Waals surface area contributed by atoms with Crippen LogP contribution in [0.2, 0.25) is 0 Å². The first-order chi connectivity index (χ1) is 7.86. The second kappa shape index (κ2) is 5.92. The van der Waals surface area contributed by atoms with E-state index in [1.165, 1.54) is 11.3 Å². The van der Waals surface area contributed by atoms with E-state index in [4.69, 9.17) is 5.73 Å². The second-order valence-corrected chi connectivity index (χ2v) is 6.88. The number of thiophene rings is 1. The van der Waals surface area contributed by atoms with Crippen LogP contribution in [0.25, 0.3) is 0 Å². The van der Waals surface area contributed by atoms with Crippen molar-refractivity contribution in [3.05, 3.63) is 16.3 Å². The Balaban J connectivity index is 2.82. The first kappa shape index (κ1) is 14.6. The Labute approximate surface area is 107 Å². The molecule has 1 unspecified atom stereocenters. The fourth-order valence-electron chi connectivity index (χ4n) is 1.63. The lowest BCUT2D eigenvalue weighted by Crippen LogP contribution is -2.39. The molecular weight excluding hydrogens is 258 g/mol. The molecule has 0 saturated carbocycles. The Morgan fingerprint density at radius 1 is 1.53 bits per heavy atom. The number of sulfonamides is 1. The molecule has 0 amide bonds. The molecule has 0 spiro atoms. The molecule has 98 valence electrons. The highest BCUT2D eigenvalue weighted by atomic mass is 32.2. The van der Waals surface area contributed by atoms with Crippen LogP contribution in [0.1, 0.15) is 11.8 Å². The Kier molecular flexibility index (Phi) is 5.08. The average molecular weight is 277 g/mol. The zero-order chi connectivity index (χ0) is 13.1. The first-order valence-corrected chi connectivity index (χ1v) is 7.66. The predicted molar refractivity (Wildman–Crippen MR) is 70.5 cm³/mol. The summed E-state index contributed by atoms with van der Waals surface area (Å²) in [6, 6.07) is 1.46. The molecular formula is C10H19N3O2S2. The number of nitrogens with zero attached hydrogens (tertiary/aromatic N) is 1. The molecule has 0 radical (unpaired) electrons. The Morgan fingerprint density at radius 3 is 2.71 bits per heavy atom. The Hall–Kier alpha value is -0.470. The summed E-state index contributed by atoms with van der Waals surface area (Å²) in [6.45, 7) is 2.74. The molecule has 1 aromatic rings. The van der Waals surface area contributed by atoms with Crippen molar-refractivity contribution in [1.29, 1.82) is 0 Å². The molecule has 5 nitrogen and oxygen atoms in total. The number of nitrogens with two attached hydrogens (primary N) is 1. The maximum Gasteiger partial charge on any atom is 0.242 e. The van der Waals surface area contributed by atoms with Crippen LogP contribution in [0.4, 0.5) is 0 Å². The highest BCUT2D eigenvalue weighted by molar-refractivity contribution is 7.89. The molecule has 3 N–H and O–H groups in total. The largest absolute Gasteiger partial charge is 0.326 e. The lowest BCUT2D eigenvalue weighted by Gasteiger charge is -2.18. The van der Waals surface area contributed by atoms with Gasteiger partial charge in [0.15, 0.2) is 0 Å². The molecule has 1 rings (SSSR count). The Morgan fingerprint density at radius 2 is 2.18 bits per heavy atom. The number of likely N-dealkylation sites (N-methyl/N-ethyl adjacent to an activating group) is 1. The summed E-state index contributed by atoms with van der Waals surface area (Å²) in [5, 5.41) is 1.74. The normalized spacial score (nSPS) is 14.2. The van der Waals surface area contributed by atoms with E-state index in [9.17, 15) is 8.42 Å². The van der Waals surface area contributed by atoms with Crippen LogP contribution in [0, 0.1) is 0 Å². The van der Waals surface area contributed by atoms with Gasteiger partial charge in [0.2, 0.25) is 10.0 Å². The fraction of sp³-hybridized carbons (Fsp3) is 0.600. The van der Waals surface area contributed by atoms with Crippen molar-refractivity contribution in [1.82, 2.24) is 9.62 Å². The van der Waals surface area contributed by atoms with E-state index in [1.54, 1.807) is 11.4 Å². The van der Waals surface area contributed by atoms with Crippen molar-refractivity contribution in [2.24, 2.45) is 5.73 Å². The van der Waals surface area contributed by atoms with E-state index in [-0.39, 0.29) is 12.6 Å². The minimum Gasteiger partial charge on any atom is -0.326 e. The summed E-state index contributed by atoms with van der Waals surface area (Å²) < 4.78 is 26.8. The predicted octanol–water partition coefficient (Wildman–Crippen LogP) is 0.435. The van der Waals surface area contributed by atoms with Gasteiger partial charge in [0, 0.05) is 24.0 Å². The number of hydrogen-bond acceptors (Lipinski definition) is 5. The molecule has 17 heavy (non-hydrogen) atoms. The van der Waals surface area contributed by atoms with Gasteiger partial charge in [-0.2, -0.15) is 0 Å². The molecule has 1 aromatic heterocycles. The lowest BCUT2D eigenvalue weighted by atomic mass is 10.3. The third kappa shape index (κ3) is 4.04. The van der Waals surface area contributed by atoms with Gasteiger partial charge in [-0.3, -0.25) is 0 Å². The van der Waals surface area contributed by atoms with Crippen LogP contribution in [0.5, 0.6) is 0 Å². The highest BCUT2D eigenvalue weighted by Gasteiger charge is 2.21. The van der Waals surface area contributed by atoms with Crippen LogP contribution in [0.15, 0.2) is 16.3 Å². The van der Waals surface area contributed by atoms with Gasteiger partial charge < -0.3 is 10.6 Å². The monoisotopic (exact) mass is 277 g/mol. The van der Waals surface area contributed by atoms with Gasteiger partial charge in [-0.05, 0) is 32.5 Å². The van der Waals surface area contributed by atoms with E-state index < -0.39 is 10.0 Å². The summed E-state index contributed by atoms with van der Waals surface area (Å²) in [4.78, 5) is 2.93. The Bertz CT molecular complexity index is 454. The molecule has 1 atom stereocenters. The smallest absolute Gasteiger partial charge is 0.242 e. The van der Waals surface area contributed by atoms with Gasteiger partial charge in [-0.15, -0.1) is 11.3 Å². The van der Waals surface area contributed by atoms with Crippen molar-refractivity contribution in [2.75, 3.05) is 20.6 Å². The van der Waals surface area contributed by atoms with Crippen LogP contribution < -0.4 is 10.5 Å². The zero-order valence-corrected chi connectivity index (χ0v) is 11.9. The molecule has 0 bridgehead atoms. The lowest BCUT2D eigenvalue weighted by molar-refractivity contribution is 0.370. The van der Waals surface area contributed by atoms with Gasteiger partial charge in [-0.1, -0.05) is 0 Å². The number of rotatable bonds is 6. The van der Waals surface area contributed by atoms with Crippen molar-refractivity contribution in [3.63, 3.8) is 0 Å². The summed E-state index contributed by atoms with van der Waals surface area (Å²) >= 11 is 1.36. The van der Waals surface area contributed by atoms with Crippen LogP contribution in [0.3, 0.4) is 0 Å². The van der Waals surface area contributed by atoms with Crippen molar-refractivity contribution in [2.45, 2.75) is 24.4 Å². The molecule has 0 aliphatic rings. The van der Waals surface area contributed by atoms with E-state index in [2.05, 4.69) is 4.72 Å². The van der Waals surface area contributed by atoms with E-state index in [0.717, 1.165) is 0 Å². The summed E-state index contributed by atoms with van der Waals surface area (Å²) in [5.74, 6) is 0.